The minimum Gasteiger partial charge on any atom is -0.496 e. The van der Waals surface area contributed by atoms with Crippen molar-refractivity contribution in [1.29, 1.82) is 0 Å². The predicted octanol–water partition coefficient (Wildman–Crippen LogP) is 3.57. The van der Waals surface area contributed by atoms with E-state index in [-0.39, 0.29) is 5.41 Å². The van der Waals surface area contributed by atoms with E-state index in [2.05, 4.69) is 30.5 Å². The molecule has 1 aromatic carbocycles. The monoisotopic (exact) mass is 328 g/mol. The molecule has 0 radical (unpaired) electrons. The minimum absolute atomic E-state index is 0.248. The minimum atomic E-state index is -0.410. The van der Waals surface area contributed by atoms with Gasteiger partial charge in [-0.3, -0.25) is 9.98 Å². The van der Waals surface area contributed by atoms with Crippen molar-refractivity contribution >= 4 is 24.1 Å². The van der Waals surface area contributed by atoms with Crippen LogP contribution in [0.5, 0.6) is 5.75 Å². The number of hydrogen-bond acceptors (Lipinski definition) is 5. The van der Waals surface area contributed by atoms with Crippen molar-refractivity contribution in [2.45, 2.75) is 27.2 Å². The van der Waals surface area contributed by atoms with Crippen LogP contribution in [0.3, 0.4) is 0 Å². The van der Waals surface area contributed by atoms with Crippen LogP contribution in [0.25, 0.3) is 5.70 Å². The van der Waals surface area contributed by atoms with Gasteiger partial charge in [0.2, 0.25) is 0 Å². The molecule has 0 spiro atoms. The number of fused-ring (bicyclic) bond motifs is 1. The van der Waals surface area contributed by atoms with Gasteiger partial charge in [0.25, 0.3) is 0 Å². The second-order valence-electron chi connectivity index (χ2n) is 6.41. The van der Waals surface area contributed by atoms with Gasteiger partial charge < -0.3 is 9.47 Å². The summed E-state index contributed by atoms with van der Waals surface area (Å²) < 4.78 is 10.4. The molecule has 1 aliphatic rings. The zero-order chi connectivity index (χ0) is 18.1. The van der Waals surface area contributed by atoms with E-state index in [1.54, 1.807) is 20.2 Å². The van der Waals surface area contributed by atoms with Crippen molar-refractivity contribution < 1.29 is 14.3 Å². The van der Waals surface area contributed by atoms with E-state index < -0.39 is 5.97 Å². The zero-order valence-electron chi connectivity index (χ0n) is 15.2. The lowest BCUT2D eigenvalue weighted by Crippen LogP contribution is -2.29. The average Bonchev–Trinajstić information content (AvgIpc) is 2.57. The fraction of sp³-hybridized carbons (Fsp3) is 0.421. The second-order valence-corrected chi connectivity index (χ2v) is 6.41. The molecular formula is C19H24N2O3. The molecule has 0 atom stereocenters. The Hall–Kier alpha value is -2.43. The van der Waals surface area contributed by atoms with Crippen LogP contribution >= 0.6 is 0 Å². The van der Waals surface area contributed by atoms with Crippen LogP contribution in [0.15, 0.2) is 27.7 Å². The van der Waals surface area contributed by atoms with Crippen LogP contribution in [-0.4, -0.2) is 39.7 Å². The topological polar surface area (TPSA) is 60.2 Å². The number of rotatable bonds is 4. The quantitative estimate of drug-likeness (QED) is 0.627. The summed E-state index contributed by atoms with van der Waals surface area (Å²) in [5.41, 5.74) is 4.69. The van der Waals surface area contributed by atoms with Gasteiger partial charge in [-0.05, 0) is 43.2 Å². The molecule has 1 aliphatic carbocycles. The fourth-order valence-electron chi connectivity index (χ4n) is 3.45. The summed E-state index contributed by atoms with van der Waals surface area (Å²) in [6.45, 7) is 9.95. The summed E-state index contributed by atoms with van der Waals surface area (Å²) in [5, 5.41) is 0. The molecule has 0 heterocycles. The van der Waals surface area contributed by atoms with Crippen LogP contribution < -0.4 is 4.74 Å². The third-order valence-corrected chi connectivity index (χ3v) is 4.53. The number of ether oxygens (including phenoxy) is 2. The standard InChI is InChI=1S/C19H24N2O3/c1-11(20-4)16-17(21-5)12-8-9-14(23-6)15(18(22)24-7)13(12)10-19(16,2)3/h8-9H,5,10H2,1-4,6-7H3. The van der Waals surface area contributed by atoms with Gasteiger partial charge in [-0.25, -0.2) is 4.79 Å². The third-order valence-electron chi connectivity index (χ3n) is 4.53. The maximum Gasteiger partial charge on any atom is 0.341 e. The Kier molecular flexibility index (Phi) is 4.92. The molecule has 0 saturated heterocycles. The van der Waals surface area contributed by atoms with Crippen LogP contribution in [0.1, 0.15) is 42.3 Å². The highest BCUT2D eigenvalue weighted by atomic mass is 16.5. The van der Waals surface area contributed by atoms with Crippen molar-refractivity contribution in [3.8, 4) is 5.75 Å². The van der Waals surface area contributed by atoms with Crippen LogP contribution in [0.2, 0.25) is 0 Å². The number of aliphatic imine (C=N–C) groups is 2. The van der Waals surface area contributed by atoms with E-state index >= 15 is 0 Å². The number of benzene rings is 1. The van der Waals surface area contributed by atoms with Gasteiger partial charge in [0.05, 0.1) is 19.9 Å². The Balaban J connectivity index is 2.90. The number of carbonyl (C=O) groups excluding carboxylic acids is 1. The first-order valence-electron chi connectivity index (χ1n) is 7.76. The summed E-state index contributed by atoms with van der Waals surface area (Å²) in [5.74, 6) is 0.0939. The van der Waals surface area contributed by atoms with Gasteiger partial charge in [-0.1, -0.05) is 13.8 Å². The molecule has 5 nitrogen and oxygen atoms in total. The summed E-state index contributed by atoms with van der Waals surface area (Å²) >= 11 is 0. The van der Waals surface area contributed by atoms with Gasteiger partial charge >= 0.3 is 5.97 Å². The molecule has 0 N–H and O–H groups in total. The molecule has 5 heteroatoms. The van der Waals surface area contributed by atoms with E-state index in [0.717, 1.165) is 28.1 Å². The molecule has 0 unspecified atom stereocenters. The van der Waals surface area contributed by atoms with Crippen molar-refractivity contribution in [3.63, 3.8) is 0 Å². The highest BCUT2D eigenvalue weighted by Gasteiger charge is 2.37. The van der Waals surface area contributed by atoms with Gasteiger partial charge in [0.15, 0.2) is 0 Å². The number of hydrogen-bond donors (Lipinski definition) is 0. The Labute approximate surface area is 143 Å². The van der Waals surface area contributed by atoms with Crippen molar-refractivity contribution in [1.82, 2.24) is 0 Å². The zero-order valence-corrected chi connectivity index (χ0v) is 15.2. The lowest BCUT2D eigenvalue weighted by molar-refractivity contribution is 0.0595. The molecule has 0 amide bonds. The van der Waals surface area contributed by atoms with Gasteiger partial charge in [-0.2, -0.15) is 0 Å². The largest absolute Gasteiger partial charge is 0.496 e. The van der Waals surface area contributed by atoms with Gasteiger partial charge in [0.1, 0.15) is 11.3 Å². The van der Waals surface area contributed by atoms with Crippen molar-refractivity contribution in [3.05, 3.63) is 34.4 Å². The fourth-order valence-corrected chi connectivity index (χ4v) is 3.45. The number of esters is 1. The predicted molar refractivity (Wildman–Crippen MR) is 97.3 cm³/mol. The Morgan fingerprint density at radius 1 is 1.29 bits per heavy atom. The van der Waals surface area contributed by atoms with E-state index in [0.29, 0.717) is 17.7 Å². The Morgan fingerprint density at radius 2 is 1.96 bits per heavy atom. The summed E-state index contributed by atoms with van der Waals surface area (Å²) in [4.78, 5) is 21.0. The molecule has 0 aromatic heterocycles. The highest BCUT2D eigenvalue weighted by molar-refractivity contribution is 6.08. The SMILES string of the molecule is C=NC1=C(C(C)=NC)C(C)(C)Cc2c1ccc(OC)c2C(=O)OC. The first kappa shape index (κ1) is 17.9. The summed E-state index contributed by atoms with van der Waals surface area (Å²) in [6.07, 6.45) is 0.658. The maximum atomic E-state index is 12.4. The number of allylic oxidation sites excluding steroid dienone is 1. The van der Waals surface area contributed by atoms with E-state index in [4.69, 9.17) is 9.47 Å². The third kappa shape index (κ3) is 2.75. The molecule has 0 bridgehead atoms. The van der Waals surface area contributed by atoms with E-state index in [1.807, 2.05) is 13.0 Å². The van der Waals surface area contributed by atoms with Crippen molar-refractivity contribution in [2.75, 3.05) is 21.3 Å². The number of nitrogens with zero attached hydrogens (tertiary/aromatic N) is 2. The normalized spacial score (nSPS) is 16.5. The molecule has 128 valence electrons. The molecule has 0 aliphatic heterocycles. The van der Waals surface area contributed by atoms with Crippen molar-refractivity contribution in [2.24, 2.45) is 15.4 Å². The molecule has 1 aromatic rings. The number of methoxy groups -OCH3 is 2. The van der Waals surface area contributed by atoms with Gasteiger partial charge in [-0.15, -0.1) is 0 Å². The van der Waals surface area contributed by atoms with Gasteiger partial charge in [0, 0.05) is 23.9 Å². The Bertz CT molecular complexity index is 758. The van der Waals surface area contributed by atoms with Crippen LogP contribution in [0, 0.1) is 5.41 Å². The lowest BCUT2D eigenvalue weighted by atomic mass is 9.69. The van der Waals surface area contributed by atoms with Crippen LogP contribution in [-0.2, 0) is 11.2 Å². The first-order chi connectivity index (χ1) is 11.3. The molecule has 24 heavy (non-hydrogen) atoms. The lowest BCUT2D eigenvalue weighted by Gasteiger charge is -2.36. The highest BCUT2D eigenvalue weighted by Crippen LogP contribution is 2.46. The Morgan fingerprint density at radius 3 is 2.46 bits per heavy atom. The molecule has 2 rings (SSSR count). The van der Waals surface area contributed by atoms with Crippen LogP contribution in [0.4, 0.5) is 0 Å². The summed E-state index contributed by atoms with van der Waals surface area (Å²) in [6, 6.07) is 3.69. The molecule has 0 saturated carbocycles. The van der Waals surface area contributed by atoms with E-state index in [9.17, 15) is 4.79 Å². The molecular weight excluding hydrogens is 304 g/mol. The second kappa shape index (κ2) is 6.59. The van der Waals surface area contributed by atoms with E-state index in [1.165, 1.54) is 7.11 Å². The first-order valence-corrected chi connectivity index (χ1v) is 7.76. The molecule has 0 fully saturated rings. The average molecular weight is 328 g/mol. The smallest absolute Gasteiger partial charge is 0.341 e. The maximum absolute atomic E-state index is 12.4. The number of carbonyl (C=O) groups is 1. The summed E-state index contributed by atoms with van der Waals surface area (Å²) in [7, 11) is 4.68.